The van der Waals surface area contributed by atoms with Gasteiger partial charge in [0.05, 0.1) is 22.3 Å². The molecule has 328 valence electrons. The third-order valence-electron chi connectivity index (χ3n) is 12.6. The Balaban J connectivity index is 1.27. The van der Waals surface area contributed by atoms with Gasteiger partial charge in [-0.25, -0.2) is 15.0 Å². The zero-order valence-electron chi connectivity index (χ0n) is 37.6. The van der Waals surface area contributed by atoms with Crippen molar-refractivity contribution in [2.75, 3.05) is 0 Å². The summed E-state index contributed by atoms with van der Waals surface area (Å²) >= 11 is 0. The molecule has 0 saturated heterocycles. The second kappa shape index (κ2) is 17.1. The first-order valence-electron chi connectivity index (χ1n) is 22.6. The lowest BCUT2D eigenvalue weighted by Gasteiger charge is -2.22. The van der Waals surface area contributed by atoms with Crippen molar-refractivity contribution in [1.29, 1.82) is 0 Å². The Labute approximate surface area is 392 Å². The van der Waals surface area contributed by atoms with E-state index in [0.29, 0.717) is 34.2 Å². The highest BCUT2D eigenvalue weighted by molar-refractivity contribution is 6.13. The first-order chi connectivity index (χ1) is 33.0. The lowest BCUT2D eigenvalue weighted by atomic mass is 9.91. The molecule has 0 aliphatic heterocycles. The van der Waals surface area contributed by atoms with Gasteiger partial charge in [-0.15, -0.1) is 0 Å². The first-order valence-corrected chi connectivity index (χ1v) is 22.6. The molecule has 0 N–H and O–H groups in total. The van der Waals surface area contributed by atoms with Crippen molar-refractivity contribution in [3.8, 4) is 84.4 Å². The fraction of sp³-hybridized carbons (Fsp3) is 0.0656. The fourth-order valence-electron chi connectivity index (χ4n) is 9.33. The number of aryl methyl sites for hydroxylation is 3. The van der Waals surface area contributed by atoms with Crippen LogP contribution in [-0.4, -0.2) is 19.5 Å². The van der Waals surface area contributed by atoms with Gasteiger partial charge in [-0.3, -0.25) is 0 Å². The quantitative estimate of drug-likeness (QED) is 0.153. The molecule has 0 bridgehead atoms. The topological polar surface area (TPSA) is 43.6 Å². The van der Waals surface area contributed by atoms with Gasteiger partial charge in [-0.05, 0) is 103 Å². The van der Waals surface area contributed by atoms with Gasteiger partial charge in [0.2, 0.25) is 0 Å². The Bertz CT molecular complexity index is 3540. The van der Waals surface area contributed by atoms with E-state index in [1.165, 1.54) is 12.1 Å². The lowest BCUT2D eigenvalue weighted by Crippen LogP contribution is -2.06. The Hall–Kier alpha value is -8.42. The molecule has 7 heteroatoms. The van der Waals surface area contributed by atoms with Gasteiger partial charge in [-0.2, -0.15) is 13.2 Å². The van der Waals surface area contributed by atoms with E-state index in [0.717, 1.165) is 94.8 Å². The van der Waals surface area contributed by atoms with Crippen LogP contribution in [0.25, 0.3) is 106 Å². The predicted octanol–water partition coefficient (Wildman–Crippen LogP) is 16.6. The van der Waals surface area contributed by atoms with Crippen LogP contribution in [0.1, 0.15) is 22.3 Å². The number of aromatic nitrogens is 4. The Morgan fingerprint density at radius 1 is 0.338 bits per heavy atom. The van der Waals surface area contributed by atoms with Crippen molar-refractivity contribution >= 4 is 21.8 Å². The Kier molecular flexibility index (Phi) is 10.6. The van der Waals surface area contributed by atoms with Crippen LogP contribution < -0.4 is 0 Å². The highest BCUT2D eigenvalue weighted by atomic mass is 19.4. The van der Waals surface area contributed by atoms with E-state index in [9.17, 15) is 13.2 Å². The molecule has 11 rings (SSSR count). The summed E-state index contributed by atoms with van der Waals surface area (Å²) in [4.78, 5) is 15.2. The first kappa shape index (κ1) is 42.2. The molecular formula is C61H43F3N4. The average Bonchev–Trinajstić information content (AvgIpc) is 3.68. The number of alkyl halides is 3. The van der Waals surface area contributed by atoms with E-state index in [4.69, 9.17) is 15.0 Å². The molecule has 0 fully saturated rings. The van der Waals surface area contributed by atoms with Gasteiger partial charge in [0.15, 0.2) is 17.5 Å². The number of fused-ring (bicyclic) bond motifs is 3. The van der Waals surface area contributed by atoms with Crippen LogP contribution in [0, 0.1) is 20.8 Å². The van der Waals surface area contributed by atoms with Gasteiger partial charge in [-0.1, -0.05) is 174 Å². The van der Waals surface area contributed by atoms with Crippen LogP contribution >= 0.6 is 0 Å². The molecule has 9 aromatic carbocycles. The molecule has 0 atom stereocenters. The van der Waals surface area contributed by atoms with Crippen LogP contribution in [0.3, 0.4) is 0 Å². The normalized spacial score (nSPS) is 11.7. The Morgan fingerprint density at radius 2 is 0.721 bits per heavy atom. The summed E-state index contributed by atoms with van der Waals surface area (Å²) in [7, 11) is 0. The van der Waals surface area contributed by atoms with Crippen molar-refractivity contribution in [2.24, 2.45) is 0 Å². The van der Waals surface area contributed by atoms with E-state index in [2.05, 4.69) is 122 Å². The summed E-state index contributed by atoms with van der Waals surface area (Å²) in [6, 6.07) is 67.4. The number of hydrogen-bond donors (Lipinski definition) is 0. The van der Waals surface area contributed by atoms with Crippen LogP contribution in [-0.2, 0) is 6.18 Å². The van der Waals surface area contributed by atoms with Crippen LogP contribution in [0.4, 0.5) is 13.2 Å². The second-order valence-corrected chi connectivity index (χ2v) is 17.4. The molecule has 0 unspecified atom stereocenters. The van der Waals surface area contributed by atoms with Crippen LogP contribution in [0.5, 0.6) is 0 Å². The zero-order valence-corrected chi connectivity index (χ0v) is 37.6. The van der Waals surface area contributed by atoms with Crippen molar-refractivity contribution in [1.82, 2.24) is 19.5 Å². The van der Waals surface area contributed by atoms with Crippen molar-refractivity contribution in [3.05, 3.63) is 229 Å². The predicted molar refractivity (Wildman–Crippen MR) is 271 cm³/mol. The minimum absolute atomic E-state index is 0.388. The third-order valence-corrected chi connectivity index (χ3v) is 12.6. The minimum atomic E-state index is -4.58. The van der Waals surface area contributed by atoms with Gasteiger partial charge >= 0.3 is 6.18 Å². The molecule has 0 saturated carbocycles. The van der Waals surface area contributed by atoms with E-state index in [1.807, 2.05) is 85.8 Å². The van der Waals surface area contributed by atoms with E-state index >= 15 is 0 Å². The van der Waals surface area contributed by atoms with Crippen molar-refractivity contribution in [3.63, 3.8) is 0 Å². The largest absolute Gasteiger partial charge is 0.416 e. The summed E-state index contributed by atoms with van der Waals surface area (Å²) in [5.74, 6) is 1.35. The summed E-state index contributed by atoms with van der Waals surface area (Å²) in [6.07, 6.45) is -4.58. The van der Waals surface area contributed by atoms with E-state index in [-0.39, 0.29) is 0 Å². The molecule has 0 amide bonds. The van der Waals surface area contributed by atoms with E-state index < -0.39 is 11.7 Å². The second-order valence-electron chi connectivity index (χ2n) is 17.4. The number of nitrogens with zero attached hydrogens (tertiary/aromatic N) is 4. The molecule has 68 heavy (non-hydrogen) atoms. The maximum absolute atomic E-state index is 14.8. The number of rotatable bonds is 8. The summed E-state index contributed by atoms with van der Waals surface area (Å²) < 4.78 is 46.6. The molecule has 4 nitrogen and oxygen atoms in total. The Morgan fingerprint density at radius 3 is 1.18 bits per heavy atom. The number of benzene rings is 9. The highest BCUT2D eigenvalue weighted by Crippen LogP contribution is 2.46. The molecule has 0 aliphatic rings. The third kappa shape index (κ3) is 8.02. The minimum Gasteiger partial charge on any atom is -0.308 e. The summed E-state index contributed by atoms with van der Waals surface area (Å²) in [6.45, 7) is 6.23. The fourth-order valence-corrected chi connectivity index (χ4v) is 9.33. The van der Waals surface area contributed by atoms with Gasteiger partial charge in [0.25, 0.3) is 0 Å². The molecule has 11 aromatic rings. The molecule has 2 aromatic heterocycles. The van der Waals surface area contributed by atoms with Crippen LogP contribution in [0.2, 0.25) is 0 Å². The van der Waals surface area contributed by atoms with Crippen molar-refractivity contribution < 1.29 is 13.2 Å². The average molecular weight is 889 g/mol. The molecule has 2 heterocycles. The summed E-state index contributed by atoms with van der Waals surface area (Å²) in [5.41, 5.74) is 14.4. The lowest BCUT2D eigenvalue weighted by molar-refractivity contribution is -0.137. The molecule has 0 spiro atoms. The maximum Gasteiger partial charge on any atom is 0.416 e. The molecule has 0 aliphatic carbocycles. The smallest absolute Gasteiger partial charge is 0.308 e. The monoisotopic (exact) mass is 888 g/mol. The molecular weight excluding hydrogens is 846 g/mol. The molecule has 0 radical (unpaired) electrons. The van der Waals surface area contributed by atoms with Gasteiger partial charge < -0.3 is 4.57 Å². The number of halogens is 3. The van der Waals surface area contributed by atoms with Crippen LogP contribution in [0.15, 0.2) is 206 Å². The van der Waals surface area contributed by atoms with E-state index in [1.54, 1.807) is 6.07 Å². The maximum atomic E-state index is 14.8. The SMILES string of the molecule is Cc1cccc(-c2ccc3c(c2)c2cc(-c4cccc(C)c4)ccc2n3-c2c(-c3cccc(C)c3)cc(-c3nc(-c4ccccc4)nc(-c4ccccc4)n3)cc2-c2cccc(C(F)(F)F)c2)c1. The zero-order chi connectivity index (χ0) is 46.5. The van der Waals surface area contributed by atoms with Gasteiger partial charge in [0, 0.05) is 38.6 Å². The number of hydrogen-bond acceptors (Lipinski definition) is 3. The van der Waals surface area contributed by atoms with Crippen molar-refractivity contribution in [2.45, 2.75) is 26.9 Å². The highest BCUT2D eigenvalue weighted by Gasteiger charge is 2.31. The van der Waals surface area contributed by atoms with Gasteiger partial charge in [0.1, 0.15) is 0 Å². The summed E-state index contributed by atoms with van der Waals surface area (Å²) in [5, 5.41) is 2.03. The standard InChI is InChI=1S/C61H43F3N4/c1-38-14-10-21-43(30-38)45-26-28-55-53(34-45)54-35-46(44-22-11-15-39(2)31-44)27-29-56(54)68(55)57-51(47-23-12-16-40(3)32-47)36-49(37-52(57)48-24-13-25-50(33-48)61(62,63)64)60-66-58(41-17-6-4-7-18-41)65-59(67-60)42-19-8-5-9-20-42/h4-37H,1-3H3.